The van der Waals surface area contributed by atoms with E-state index in [4.69, 9.17) is 0 Å². The van der Waals surface area contributed by atoms with Crippen LogP contribution in [-0.4, -0.2) is 0 Å². The molecular formula is C126H84. The molecule has 0 saturated heterocycles. The Hall–Kier alpha value is -16.1. The maximum Gasteiger partial charge on any atom is 0.0205 e. The van der Waals surface area contributed by atoms with Crippen LogP contribution < -0.4 is 0 Å². The average molecular weight is 1600 g/mol. The third-order valence-electron chi connectivity index (χ3n) is 26.4. The normalized spacial score (nSPS) is 14.0. The van der Waals surface area contributed by atoms with E-state index in [-0.39, 0.29) is 0 Å². The molecule has 4 aliphatic rings. The Balaban J connectivity index is 0.0000000847. The van der Waals surface area contributed by atoms with Crippen LogP contribution in [0.4, 0.5) is 0 Å². The van der Waals surface area contributed by atoms with Crippen LogP contribution in [0, 0.1) is 11.8 Å². The van der Waals surface area contributed by atoms with Gasteiger partial charge in [-0.15, -0.1) is 0 Å². The fourth-order valence-electron chi connectivity index (χ4n) is 20.5. The Morgan fingerprint density at radius 2 is 0.365 bits per heavy atom. The summed E-state index contributed by atoms with van der Waals surface area (Å²) in [7, 11) is 0. The summed E-state index contributed by atoms with van der Waals surface area (Å²) in [5.41, 5.74) is 8.69. The van der Waals surface area contributed by atoms with E-state index >= 15 is 0 Å². The van der Waals surface area contributed by atoms with E-state index in [1.54, 1.807) is 0 Å². The molecule has 25 aromatic carbocycles. The average Bonchev–Trinajstić information content (AvgIpc) is 0.726. The van der Waals surface area contributed by atoms with Crippen LogP contribution >= 0.6 is 0 Å². The Kier molecular flexibility index (Phi) is 19.2. The highest BCUT2D eigenvalue weighted by Gasteiger charge is 2.41. The second-order valence-electron chi connectivity index (χ2n) is 33.5. The molecule has 0 saturated carbocycles. The van der Waals surface area contributed by atoms with Crippen molar-refractivity contribution in [3.05, 3.63) is 520 Å². The van der Waals surface area contributed by atoms with Crippen molar-refractivity contribution in [2.45, 2.75) is 0 Å². The van der Waals surface area contributed by atoms with Crippen molar-refractivity contribution in [3.63, 3.8) is 0 Å². The van der Waals surface area contributed by atoms with Crippen LogP contribution in [0.2, 0.25) is 0 Å². The van der Waals surface area contributed by atoms with E-state index < -0.39 is 0 Å². The molecule has 0 heteroatoms. The highest BCUT2D eigenvalue weighted by atomic mass is 14.4. The fraction of sp³-hybridized carbons (Fsp3) is 0.0159. The number of fused-ring (bicyclic) bond motifs is 27. The SMILES string of the molecule is C1=CC2=CC=C3C=CC=C4c5ccccc5C(=C1)C2C34.c1ccc2c(c1)c1ccccc1c1ccccc21.c1ccc2c(c1)cc1ccc3cccc4ccc2c1c34.c1ccc2c(c1)ccc1c3ccccc3ccc21.c1ccc2c(c1)ccc1ccc3ccccc3c12.c1ccc2cc3c(ccc4ccccc43)cc2c1.c1ccc2cc3ccccc3cc2c1. The largest absolute Gasteiger partial charge is 0.0617 e. The second kappa shape index (κ2) is 32.4. The lowest BCUT2D eigenvalue weighted by atomic mass is 9.60. The van der Waals surface area contributed by atoms with Gasteiger partial charge in [0.2, 0.25) is 0 Å². The number of hydrogen-bond acceptors (Lipinski definition) is 0. The molecule has 0 amide bonds. The van der Waals surface area contributed by atoms with Gasteiger partial charge in [0.05, 0.1) is 0 Å². The molecule has 0 radical (unpaired) electrons. The van der Waals surface area contributed by atoms with Gasteiger partial charge in [0.1, 0.15) is 0 Å². The van der Waals surface area contributed by atoms with E-state index in [0.717, 1.165) is 0 Å². The molecule has 0 bridgehead atoms. The van der Waals surface area contributed by atoms with Gasteiger partial charge >= 0.3 is 0 Å². The molecule has 126 heavy (non-hydrogen) atoms. The predicted octanol–water partition coefficient (Wildman–Crippen LogP) is 35.0. The van der Waals surface area contributed by atoms with E-state index in [9.17, 15) is 0 Å². The van der Waals surface area contributed by atoms with Crippen LogP contribution in [-0.2, 0) is 0 Å². The second-order valence-corrected chi connectivity index (χ2v) is 33.5. The summed E-state index contributed by atoms with van der Waals surface area (Å²) in [6.45, 7) is 0. The summed E-state index contributed by atoms with van der Waals surface area (Å²) in [5, 5.41) is 47.9. The molecule has 0 spiro atoms. The monoisotopic (exact) mass is 1600 g/mol. The number of benzene rings is 25. The Morgan fingerprint density at radius 3 is 0.778 bits per heavy atom. The maximum atomic E-state index is 2.31. The van der Waals surface area contributed by atoms with Crippen molar-refractivity contribution in [1.82, 2.24) is 0 Å². The van der Waals surface area contributed by atoms with Crippen LogP contribution in [0.5, 0.6) is 0 Å². The van der Waals surface area contributed by atoms with Gasteiger partial charge in [-0.3, -0.25) is 0 Å². The lowest BCUT2D eigenvalue weighted by Crippen LogP contribution is -2.29. The topological polar surface area (TPSA) is 0 Å². The highest BCUT2D eigenvalue weighted by molar-refractivity contribution is 6.30. The summed E-state index contributed by atoms with van der Waals surface area (Å²) in [6.07, 6.45) is 18.1. The van der Waals surface area contributed by atoms with E-state index in [0.29, 0.717) is 11.8 Å². The zero-order chi connectivity index (χ0) is 83.4. The smallest absolute Gasteiger partial charge is 0.0205 e. The molecule has 29 rings (SSSR count). The Morgan fingerprint density at radius 1 is 0.127 bits per heavy atom. The number of allylic oxidation sites excluding steroid dienone is 12. The van der Waals surface area contributed by atoms with Crippen LogP contribution in [0.25, 0.3) is 205 Å². The molecule has 0 aliphatic heterocycles. The van der Waals surface area contributed by atoms with E-state index in [1.165, 1.54) is 227 Å². The van der Waals surface area contributed by atoms with Crippen LogP contribution in [0.3, 0.4) is 0 Å². The van der Waals surface area contributed by atoms with Gasteiger partial charge in [-0.1, -0.05) is 467 Å². The van der Waals surface area contributed by atoms with Crippen molar-refractivity contribution in [2.24, 2.45) is 11.8 Å². The summed E-state index contributed by atoms with van der Waals surface area (Å²) in [4.78, 5) is 0. The quantitative estimate of drug-likeness (QED) is 0.105. The van der Waals surface area contributed by atoms with Crippen molar-refractivity contribution < 1.29 is 0 Å². The first-order valence-electron chi connectivity index (χ1n) is 43.9. The summed E-state index contributed by atoms with van der Waals surface area (Å²) in [6, 6.07) is 161. The molecule has 4 aliphatic carbocycles. The van der Waals surface area contributed by atoms with Gasteiger partial charge in [0.15, 0.2) is 0 Å². The predicted molar refractivity (Wildman–Crippen MR) is 549 cm³/mol. The fourth-order valence-corrected chi connectivity index (χ4v) is 20.5. The molecule has 0 heterocycles. The van der Waals surface area contributed by atoms with Gasteiger partial charge < -0.3 is 0 Å². The molecule has 2 atom stereocenters. The Bertz CT molecular complexity index is 8200. The highest BCUT2D eigenvalue weighted by Crippen LogP contribution is 2.56. The van der Waals surface area contributed by atoms with Gasteiger partial charge in [-0.2, -0.15) is 0 Å². The third-order valence-corrected chi connectivity index (χ3v) is 26.4. The standard InChI is InChI=1S/C20H14.C20H12.4C18H12.C14H10/c1-2-8-16-15(7-1)17-9-3-5-13-11-12-14-6-4-10-18(16)20(14)19(13)17;1-2-7-17-15(4-1)12-16-9-8-13-5-3-6-14-10-11-18(17)20(16)19(13)14;1-3-7-16-13(5-1)9-11-15-12-10-14-6-2-4-8-17(14)18(15)16;1-3-7-15-13(5-1)9-11-18-16-8-4-2-6-14(16)10-12-17(15)18;1-2-8-14-13(7-1)15-9-3-4-11-17(15)18-12-6-5-10-16(14)18;1-2-7-15-12-18-16(11-14(15)6-1)10-9-13-5-3-4-8-17(13)18;1-2-6-12-10-14-8-4-3-7-13(14)9-11(12)5-1/h1-12,19-20H;1-12H;4*1-12H;1-10H. The van der Waals surface area contributed by atoms with E-state index in [1.807, 2.05) is 0 Å². The first kappa shape index (κ1) is 74.9. The lowest BCUT2D eigenvalue weighted by molar-refractivity contribution is 0.636. The summed E-state index contributed by atoms with van der Waals surface area (Å²) in [5.74, 6) is 1.01. The van der Waals surface area contributed by atoms with Crippen LogP contribution in [0.15, 0.2) is 509 Å². The van der Waals surface area contributed by atoms with Crippen molar-refractivity contribution >= 4 is 205 Å². The summed E-state index contributed by atoms with van der Waals surface area (Å²) < 4.78 is 0. The third kappa shape index (κ3) is 13.6. The molecule has 2 unspecified atom stereocenters. The van der Waals surface area contributed by atoms with E-state index in [2.05, 4.69) is 498 Å². The minimum atomic E-state index is 0.506. The van der Waals surface area contributed by atoms with Crippen molar-refractivity contribution in [3.8, 4) is 0 Å². The number of rotatable bonds is 0. The Labute approximate surface area is 731 Å². The minimum Gasteiger partial charge on any atom is -0.0617 e. The lowest BCUT2D eigenvalue weighted by Gasteiger charge is -2.43. The van der Waals surface area contributed by atoms with Crippen molar-refractivity contribution in [2.75, 3.05) is 0 Å². The molecule has 0 nitrogen and oxygen atoms in total. The molecule has 0 aromatic heterocycles. The van der Waals surface area contributed by atoms with Gasteiger partial charge in [-0.05, 0) is 258 Å². The molecule has 0 N–H and O–H groups in total. The van der Waals surface area contributed by atoms with Gasteiger partial charge in [0.25, 0.3) is 0 Å². The minimum absolute atomic E-state index is 0.506. The van der Waals surface area contributed by atoms with Gasteiger partial charge in [-0.25, -0.2) is 0 Å². The van der Waals surface area contributed by atoms with Crippen molar-refractivity contribution in [1.29, 1.82) is 0 Å². The van der Waals surface area contributed by atoms with Crippen LogP contribution in [0.1, 0.15) is 11.1 Å². The molecule has 25 aromatic rings. The first-order chi connectivity index (χ1) is 62.5. The first-order valence-corrected chi connectivity index (χ1v) is 43.9. The molecular weight excluding hydrogens is 1510 g/mol. The number of hydrogen-bond donors (Lipinski definition) is 0. The maximum absolute atomic E-state index is 2.31. The van der Waals surface area contributed by atoms with Gasteiger partial charge in [0, 0.05) is 11.8 Å². The summed E-state index contributed by atoms with van der Waals surface area (Å²) >= 11 is 0. The zero-order valence-corrected chi connectivity index (χ0v) is 69.5. The zero-order valence-electron chi connectivity index (χ0n) is 69.5. The molecule has 0 fully saturated rings. The molecule has 588 valence electrons.